The Hall–Kier alpha value is -1.55. The molecule has 0 atom stereocenters. The normalized spacial score (nSPS) is 10.4. The number of aromatic nitrogens is 3. The Balaban J connectivity index is 2.62. The van der Waals surface area contributed by atoms with Crippen LogP contribution in [0, 0.1) is 0 Å². The molecule has 2 heterocycles. The van der Waals surface area contributed by atoms with Crippen molar-refractivity contribution in [3.63, 3.8) is 0 Å². The predicted octanol–water partition coefficient (Wildman–Crippen LogP) is 1.72. The number of hydrogen-bond acceptors (Lipinski definition) is 3. The summed E-state index contributed by atoms with van der Waals surface area (Å²) >= 11 is 5.84. The van der Waals surface area contributed by atoms with E-state index in [1.807, 2.05) is 13.1 Å². The predicted molar refractivity (Wildman–Crippen MR) is 55.9 cm³/mol. The molecule has 72 valence electrons. The lowest BCUT2D eigenvalue weighted by Gasteiger charge is -2.05. The van der Waals surface area contributed by atoms with E-state index in [2.05, 4.69) is 10.1 Å². The van der Waals surface area contributed by atoms with Gasteiger partial charge in [-0.05, 0) is 12.1 Å². The number of nitrogens with two attached hydrogens (primary N) is 1. The van der Waals surface area contributed by atoms with Crippen molar-refractivity contribution in [1.29, 1.82) is 0 Å². The fourth-order valence-corrected chi connectivity index (χ4v) is 1.45. The largest absolute Gasteiger partial charge is 0.383 e. The minimum Gasteiger partial charge on any atom is -0.383 e. The maximum Gasteiger partial charge on any atom is 0.132 e. The highest BCUT2D eigenvalue weighted by Gasteiger charge is 2.07. The number of rotatable bonds is 1. The maximum absolute atomic E-state index is 5.84. The zero-order valence-electron chi connectivity index (χ0n) is 7.61. The molecule has 4 nitrogen and oxygen atoms in total. The van der Waals surface area contributed by atoms with E-state index in [1.54, 1.807) is 16.9 Å². The third-order valence-electron chi connectivity index (χ3n) is 1.98. The standard InChI is InChI=1S/C9H9ClN4/c1-14-8(2-3-13-14)7-4-6(10)5-12-9(7)11/h2-5H,1H3,(H2,11,12). The van der Waals surface area contributed by atoms with Gasteiger partial charge in [-0.25, -0.2) is 4.98 Å². The van der Waals surface area contributed by atoms with Crippen molar-refractivity contribution in [2.24, 2.45) is 7.05 Å². The van der Waals surface area contributed by atoms with Gasteiger partial charge in [0.2, 0.25) is 0 Å². The summed E-state index contributed by atoms with van der Waals surface area (Å²) in [6.07, 6.45) is 3.23. The van der Waals surface area contributed by atoms with Gasteiger partial charge in [0.05, 0.1) is 10.7 Å². The van der Waals surface area contributed by atoms with Crippen LogP contribution in [0.15, 0.2) is 24.5 Å². The van der Waals surface area contributed by atoms with Crippen molar-refractivity contribution >= 4 is 17.4 Å². The molecule has 0 bridgehead atoms. The number of anilines is 1. The van der Waals surface area contributed by atoms with E-state index in [1.165, 1.54) is 6.20 Å². The summed E-state index contributed by atoms with van der Waals surface area (Å²) in [6, 6.07) is 3.64. The van der Waals surface area contributed by atoms with Crippen molar-refractivity contribution in [3.8, 4) is 11.3 Å². The quantitative estimate of drug-likeness (QED) is 0.777. The fraction of sp³-hybridized carbons (Fsp3) is 0.111. The first kappa shape index (κ1) is 9.02. The molecule has 0 aliphatic rings. The van der Waals surface area contributed by atoms with Gasteiger partial charge in [-0.3, -0.25) is 4.68 Å². The first-order chi connectivity index (χ1) is 6.68. The van der Waals surface area contributed by atoms with Crippen molar-refractivity contribution in [2.45, 2.75) is 0 Å². The van der Waals surface area contributed by atoms with E-state index < -0.39 is 0 Å². The molecule has 0 amide bonds. The molecule has 0 spiro atoms. The third-order valence-corrected chi connectivity index (χ3v) is 2.19. The van der Waals surface area contributed by atoms with Crippen LogP contribution in [-0.4, -0.2) is 14.8 Å². The van der Waals surface area contributed by atoms with Gasteiger partial charge in [0.1, 0.15) is 5.82 Å². The molecular formula is C9H9ClN4. The van der Waals surface area contributed by atoms with E-state index in [9.17, 15) is 0 Å². The highest BCUT2D eigenvalue weighted by Crippen LogP contribution is 2.25. The highest BCUT2D eigenvalue weighted by atomic mass is 35.5. The second-order valence-corrected chi connectivity index (χ2v) is 3.36. The van der Waals surface area contributed by atoms with Crippen molar-refractivity contribution < 1.29 is 0 Å². The van der Waals surface area contributed by atoms with Gasteiger partial charge in [-0.1, -0.05) is 11.6 Å². The van der Waals surface area contributed by atoms with Crippen LogP contribution >= 0.6 is 11.6 Å². The first-order valence-electron chi connectivity index (χ1n) is 4.08. The Morgan fingerprint density at radius 3 is 2.93 bits per heavy atom. The summed E-state index contributed by atoms with van der Waals surface area (Å²) in [6.45, 7) is 0. The Labute approximate surface area is 86.3 Å². The average Bonchev–Trinajstić information content (AvgIpc) is 2.56. The summed E-state index contributed by atoms with van der Waals surface area (Å²) in [5.74, 6) is 0.456. The number of nitrogens with zero attached hydrogens (tertiary/aromatic N) is 3. The molecule has 2 aromatic rings. The minimum atomic E-state index is 0.456. The molecule has 14 heavy (non-hydrogen) atoms. The molecule has 0 radical (unpaired) electrons. The summed E-state index contributed by atoms with van der Waals surface area (Å²) in [7, 11) is 1.84. The van der Waals surface area contributed by atoms with Crippen molar-refractivity contribution in [3.05, 3.63) is 29.5 Å². The van der Waals surface area contributed by atoms with E-state index in [0.29, 0.717) is 10.8 Å². The summed E-state index contributed by atoms with van der Waals surface area (Å²) < 4.78 is 1.73. The van der Waals surface area contributed by atoms with Crippen LogP contribution in [0.2, 0.25) is 5.02 Å². The van der Waals surface area contributed by atoms with Crippen LogP contribution in [-0.2, 0) is 7.05 Å². The van der Waals surface area contributed by atoms with E-state index in [-0.39, 0.29) is 0 Å². The van der Waals surface area contributed by atoms with E-state index >= 15 is 0 Å². The van der Waals surface area contributed by atoms with Gasteiger partial charge >= 0.3 is 0 Å². The van der Waals surface area contributed by atoms with Crippen molar-refractivity contribution in [2.75, 3.05) is 5.73 Å². The van der Waals surface area contributed by atoms with Gasteiger partial charge in [-0.15, -0.1) is 0 Å². The molecule has 2 rings (SSSR count). The maximum atomic E-state index is 5.84. The lowest BCUT2D eigenvalue weighted by atomic mass is 10.2. The first-order valence-corrected chi connectivity index (χ1v) is 4.45. The van der Waals surface area contributed by atoms with E-state index in [0.717, 1.165) is 11.3 Å². The molecular weight excluding hydrogens is 200 g/mol. The zero-order chi connectivity index (χ0) is 10.1. The van der Waals surface area contributed by atoms with Gasteiger partial charge in [-0.2, -0.15) is 5.10 Å². The second-order valence-electron chi connectivity index (χ2n) is 2.93. The van der Waals surface area contributed by atoms with Crippen LogP contribution in [0.4, 0.5) is 5.82 Å². The summed E-state index contributed by atoms with van der Waals surface area (Å²) in [5, 5.41) is 4.62. The number of pyridine rings is 1. The lowest BCUT2D eigenvalue weighted by molar-refractivity contribution is 0.776. The number of hydrogen-bond donors (Lipinski definition) is 1. The molecule has 2 aromatic heterocycles. The fourth-order valence-electron chi connectivity index (χ4n) is 1.29. The number of aryl methyl sites for hydroxylation is 1. The Bertz CT molecular complexity index is 464. The van der Waals surface area contributed by atoms with Crippen molar-refractivity contribution in [1.82, 2.24) is 14.8 Å². The number of halogens is 1. The average molecular weight is 209 g/mol. The monoisotopic (exact) mass is 208 g/mol. The Morgan fingerprint density at radius 2 is 2.29 bits per heavy atom. The van der Waals surface area contributed by atoms with Crippen LogP contribution in [0.1, 0.15) is 0 Å². The van der Waals surface area contributed by atoms with Crippen LogP contribution in [0.25, 0.3) is 11.3 Å². The van der Waals surface area contributed by atoms with E-state index in [4.69, 9.17) is 17.3 Å². The van der Waals surface area contributed by atoms with Gasteiger partial charge in [0.15, 0.2) is 0 Å². The summed E-state index contributed by atoms with van der Waals surface area (Å²) in [5.41, 5.74) is 7.44. The Morgan fingerprint density at radius 1 is 1.50 bits per heavy atom. The van der Waals surface area contributed by atoms with Crippen LogP contribution < -0.4 is 5.73 Å². The lowest BCUT2D eigenvalue weighted by Crippen LogP contribution is -1.98. The summed E-state index contributed by atoms with van der Waals surface area (Å²) in [4.78, 5) is 3.98. The molecule has 0 fully saturated rings. The minimum absolute atomic E-state index is 0.456. The van der Waals surface area contributed by atoms with Gasteiger partial charge in [0, 0.05) is 25.0 Å². The molecule has 0 aliphatic heterocycles. The van der Waals surface area contributed by atoms with Gasteiger partial charge in [0.25, 0.3) is 0 Å². The highest BCUT2D eigenvalue weighted by molar-refractivity contribution is 6.30. The second kappa shape index (κ2) is 3.31. The molecule has 0 saturated heterocycles. The molecule has 0 saturated carbocycles. The molecule has 0 aliphatic carbocycles. The zero-order valence-corrected chi connectivity index (χ0v) is 8.36. The SMILES string of the molecule is Cn1nccc1-c1cc(Cl)cnc1N. The Kier molecular flexibility index (Phi) is 2.13. The van der Waals surface area contributed by atoms with Crippen LogP contribution in [0.3, 0.4) is 0 Å². The molecule has 5 heteroatoms. The third kappa shape index (κ3) is 1.44. The van der Waals surface area contributed by atoms with Crippen LogP contribution in [0.5, 0.6) is 0 Å². The molecule has 0 unspecified atom stereocenters. The topological polar surface area (TPSA) is 56.7 Å². The molecule has 0 aromatic carbocycles. The number of nitrogen functional groups attached to an aromatic ring is 1. The smallest absolute Gasteiger partial charge is 0.132 e. The van der Waals surface area contributed by atoms with Gasteiger partial charge < -0.3 is 5.73 Å². The molecule has 2 N–H and O–H groups in total.